The first-order valence-corrected chi connectivity index (χ1v) is 10.6. The van der Waals surface area contributed by atoms with Crippen molar-refractivity contribution in [2.45, 2.75) is 18.2 Å². The van der Waals surface area contributed by atoms with Crippen LogP contribution in [0.3, 0.4) is 0 Å². The summed E-state index contributed by atoms with van der Waals surface area (Å²) in [6.45, 7) is 1.71. The van der Waals surface area contributed by atoms with Gasteiger partial charge in [-0.2, -0.15) is 0 Å². The van der Waals surface area contributed by atoms with E-state index in [1.54, 1.807) is 36.9 Å². The summed E-state index contributed by atoms with van der Waals surface area (Å²) in [5.41, 5.74) is 0.561. The van der Waals surface area contributed by atoms with E-state index in [-0.39, 0.29) is 24.0 Å². The van der Waals surface area contributed by atoms with E-state index in [0.29, 0.717) is 17.2 Å². The monoisotopic (exact) mass is 460 g/mol. The minimum atomic E-state index is -0.861. The second kappa shape index (κ2) is 12.2. The Morgan fingerprint density at radius 2 is 1.53 bits per heavy atom. The zero-order valence-corrected chi connectivity index (χ0v) is 18.9. The van der Waals surface area contributed by atoms with Gasteiger partial charge in [-0.15, -0.1) is 11.8 Å². The predicted molar refractivity (Wildman–Crippen MR) is 122 cm³/mol. The summed E-state index contributed by atoms with van der Waals surface area (Å²) >= 11 is 1.61. The molecule has 32 heavy (non-hydrogen) atoms. The van der Waals surface area contributed by atoms with Gasteiger partial charge in [0.1, 0.15) is 11.5 Å². The number of alkyl carbamates (subject to hydrolysis) is 2. The highest BCUT2D eigenvalue weighted by Gasteiger charge is 2.14. The van der Waals surface area contributed by atoms with Crippen molar-refractivity contribution >= 4 is 47.2 Å². The Hall–Kier alpha value is -3.73. The Morgan fingerprint density at radius 3 is 2.06 bits per heavy atom. The number of ether oxygens (including phenoxy) is 3. The third kappa shape index (κ3) is 7.51. The number of carbonyl (C=O) groups excluding carboxylic acids is 3. The SMILES string of the molecule is CCC(=O)Nc1ccc(Oc2ccc(SC)cc2)cc1N=C(NC(=O)OC)NC(=O)OC. The van der Waals surface area contributed by atoms with Crippen LogP contribution >= 0.6 is 11.8 Å². The molecule has 170 valence electrons. The molecule has 0 heterocycles. The van der Waals surface area contributed by atoms with Crippen LogP contribution in [-0.2, 0) is 14.3 Å². The maximum atomic E-state index is 11.9. The largest absolute Gasteiger partial charge is 0.457 e. The molecule has 0 atom stereocenters. The minimum absolute atomic E-state index is 0.216. The van der Waals surface area contributed by atoms with Crippen LogP contribution in [0.1, 0.15) is 13.3 Å². The molecule has 10 nitrogen and oxygen atoms in total. The standard InChI is InChI=1S/C21H24N4O6S/c1-5-18(26)22-16-11-8-14(31-13-6-9-15(32-4)10-7-13)12-17(16)23-19(24-20(27)29-2)25-21(28)30-3/h6-12H,5H2,1-4H3,(H,22,26)(H2,23,24,25,27,28). The number of thioether (sulfide) groups is 1. The van der Waals surface area contributed by atoms with Gasteiger partial charge >= 0.3 is 12.2 Å². The van der Waals surface area contributed by atoms with Gasteiger partial charge in [-0.1, -0.05) is 6.92 Å². The zero-order chi connectivity index (χ0) is 23.5. The molecule has 0 aliphatic heterocycles. The molecular weight excluding hydrogens is 436 g/mol. The molecule has 0 bridgehead atoms. The van der Waals surface area contributed by atoms with Crippen molar-refractivity contribution in [1.29, 1.82) is 0 Å². The van der Waals surface area contributed by atoms with Gasteiger partial charge in [0.05, 0.1) is 25.6 Å². The number of aliphatic imine (C=N–C) groups is 1. The first kappa shape index (κ1) is 24.5. The summed E-state index contributed by atoms with van der Waals surface area (Å²) in [4.78, 5) is 40.6. The molecule has 0 radical (unpaired) electrons. The first-order chi connectivity index (χ1) is 15.4. The predicted octanol–water partition coefficient (Wildman–Crippen LogP) is 4.25. The van der Waals surface area contributed by atoms with E-state index in [1.165, 1.54) is 0 Å². The number of hydrogen-bond acceptors (Lipinski definition) is 8. The summed E-state index contributed by atoms with van der Waals surface area (Å²) in [5, 5.41) is 7.27. The van der Waals surface area contributed by atoms with Crippen LogP contribution in [-0.4, -0.2) is 44.5 Å². The smallest absolute Gasteiger partial charge is 0.413 e. The van der Waals surface area contributed by atoms with Gasteiger partial charge in [0, 0.05) is 17.4 Å². The Bertz CT molecular complexity index is 974. The Kier molecular flexibility index (Phi) is 9.36. The fraction of sp³-hybridized carbons (Fsp3) is 0.238. The van der Waals surface area contributed by atoms with Crippen molar-refractivity contribution in [3.63, 3.8) is 0 Å². The molecular formula is C21H24N4O6S. The van der Waals surface area contributed by atoms with Gasteiger partial charge in [0.2, 0.25) is 11.9 Å². The average molecular weight is 461 g/mol. The van der Waals surface area contributed by atoms with E-state index < -0.39 is 12.2 Å². The summed E-state index contributed by atoms with van der Waals surface area (Å²) in [5.74, 6) is 0.512. The van der Waals surface area contributed by atoms with Crippen LogP contribution in [0.15, 0.2) is 52.4 Å². The van der Waals surface area contributed by atoms with E-state index >= 15 is 0 Å². The average Bonchev–Trinajstić information content (AvgIpc) is 2.80. The highest BCUT2D eigenvalue weighted by molar-refractivity contribution is 7.98. The van der Waals surface area contributed by atoms with Crippen molar-refractivity contribution in [2.75, 3.05) is 25.8 Å². The number of anilines is 1. The second-order valence-corrected chi connectivity index (χ2v) is 6.93. The Morgan fingerprint density at radius 1 is 0.938 bits per heavy atom. The lowest BCUT2D eigenvalue weighted by atomic mass is 10.2. The summed E-state index contributed by atoms with van der Waals surface area (Å²) in [6, 6.07) is 12.3. The molecule has 0 aromatic heterocycles. The minimum Gasteiger partial charge on any atom is -0.457 e. The highest BCUT2D eigenvalue weighted by Crippen LogP contribution is 2.33. The molecule has 0 unspecified atom stereocenters. The fourth-order valence-electron chi connectivity index (χ4n) is 2.29. The van der Waals surface area contributed by atoms with E-state index in [0.717, 1.165) is 19.1 Å². The van der Waals surface area contributed by atoms with Crippen LogP contribution in [0.25, 0.3) is 0 Å². The Labute approximate surface area is 189 Å². The maximum absolute atomic E-state index is 11.9. The Balaban J connectivity index is 2.43. The number of nitrogens with one attached hydrogen (secondary N) is 3. The fourth-order valence-corrected chi connectivity index (χ4v) is 2.70. The van der Waals surface area contributed by atoms with Crippen molar-refractivity contribution < 1.29 is 28.6 Å². The number of nitrogens with zero attached hydrogens (tertiary/aromatic N) is 1. The lowest BCUT2D eigenvalue weighted by Gasteiger charge is -2.13. The molecule has 0 aliphatic rings. The van der Waals surface area contributed by atoms with E-state index in [2.05, 4.69) is 30.4 Å². The molecule has 0 aliphatic carbocycles. The third-order valence-electron chi connectivity index (χ3n) is 3.90. The first-order valence-electron chi connectivity index (χ1n) is 9.43. The molecule has 0 spiro atoms. The number of rotatable bonds is 6. The molecule has 2 aromatic carbocycles. The molecule has 2 rings (SSSR count). The highest BCUT2D eigenvalue weighted by atomic mass is 32.2. The molecule has 11 heteroatoms. The van der Waals surface area contributed by atoms with Crippen molar-refractivity contribution in [1.82, 2.24) is 10.6 Å². The van der Waals surface area contributed by atoms with E-state index in [9.17, 15) is 14.4 Å². The molecule has 0 fully saturated rings. The zero-order valence-electron chi connectivity index (χ0n) is 18.1. The summed E-state index contributed by atoms with van der Waals surface area (Å²) in [6.07, 6.45) is 0.504. The second-order valence-electron chi connectivity index (χ2n) is 6.05. The maximum Gasteiger partial charge on any atom is 0.413 e. The quantitative estimate of drug-likeness (QED) is 0.334. The van der Waals surface area contributed by atoms with Crippen molar-refractivity contribution in [3.8, 4) is 11.5 Å². The van der Waals surface area contributed by atoms with E-state index in [1.807, 2.05) is 30.5 Å². The van der Waals surface area contributed by atoms with Gasteiger partial charge in [-0.05, 0) is 42.7 Å². The van der Waals surface area contributed by atoms with Crippen molar-refractivity contribution in [3.05, 3.63) is 42.5 Å². The van der Waals surface area contributed by atoms with Crippen LogP contribution in [0.2, 0.25) is 0 Å². The third-order valence-corrected chi connectivity index (χ3v) is 4.65. The topological polar surface area (TPSA) is 127 Å². The van der Waals surface area contributed by atoms with Gasteiger partial charge in [0.25, 0.3) is 0 Å². The van der Waals surface area contributed by atoms with E-state index in [4.69, 9.17) is 4.74 Å². The van der Waals surface area contributed by atoms with Crippen LogP contribution < -0.4 is 20.7 Å². The van der Waals surface area contributed by atoms with Gasteiger partial charge < -0.3 is 19.5 Å². The molecule has 3 amide bonds. The van der Waals surface area contributed by atoms with Gasteiger partial charge in [-0.3, -0.25) is 15.4 Å². The van der Waals surface area contributed by atoms with Crippen LogP contribution in [0.4, 0.5) is 21.0 Å². The lowest BCUT2D eigenvalue weighted by Crippen LogP contribution is -2.43. The number of carbonyl (C=O) groups is 3. The van der Waals surface area contributed by atoms with Crippen LogP contribution in [0, 0.1) is 0 Å². The number of hydrogen-bond donors (Lipinski definition) is 3. The number of amides is 3. The summed E-state index contributed by atoms with van der Waals surface area (Å²) < 4.78 is 15.0. The van der Waals surface area contributed by atoms with Gasteiger partial charge in [0.15, 0.2) is 0 Å². The number of guanidine groups is 1. The normalized spacial score (nSPS) is 9.88. The molecule has 2 aromatic rings. The number of benzene rings is 2. The molecule has 3 N–H and O–H groups in total. The lowest BCUT2D eigenvalue weighted by molar-refractivity contribution is -0.115. The molecule has 0 saturated carbocycles. The van der Waals surface area contributed by atoms with Crippen molar-refractivity contribution in [2.24, 2.45) is 4.99 Å². The summed E-state index contributed by atoms with van der Waals surface area (Å²) in [7, 11) is 2.32. The molecule has 0 saturated heterocycles. The van der Waals surface area contributed by atoms with Gasteiger partial charge in [-0.25, -0.2) is 14.6 Å². The number of methoxy groups -OCH3 is 2. The van der Waals surface area contributed by atoms with Crippen LogP contribution in [0.5, 0.6) is 11.5 Å².